The number of amides is 2. The van der Waals surface area contributed by atoms with E-state index < -0.39 is 0 Å². The fraction of sp³-hybridized carbons (Fsp3) is 0.812. The third kappa shape index (κ3) is 6.09. The zero-order valence-electron chi connectivity index (χ0n) is 14.6. The molecule has 0 spiro atoms. The van der Waals surface area contributed by atoms with Crippen molar-refractivity contribution < 1.29 is 9.59 Å². The van der Waals surface area contributed by atoms with Crippen LogP contribution in [0.25, 0.3) is 0 Å². The molecule has 1 atom stereocenters. The second-order valence-corrected chi connectivity index (χ2v) is 7.28. The minimum absolute atomic E-state index is 0. The normalized spacial score (nSPS) is 22.4. The van der Waals surface area contributed by atoms with E-state index in [0.717, 1.165) is 37.8 Å². The zero-order chi connectivity index (χ0) is 16.7. The van der Waals surface area contributed by atoms with Gasteiger partial charge >= 0.3 is 0 Å². The molecule has 1 unspecified atom stereocenters. The molecule has 0 aromatic heterocycles. The maximum absolute atomic E-state index is 11.8. The number of nitrogens with one attached hydrogen (secondary N) is 1. The van der Waals surface area contributed by atoms with Gasteiger partial charge in [-0.1, -0.05) is 6.92 Å². The molecule has 24 heavy (non-hydrogen) atoms. The van der Waals surface area contributed by atoms with E-state index in [-0.39, 0.29) is 35.8 Å². The molecular weight excluding hydrogens is 439 g/mol. The molecule has 2 aliphatic heterocycles. The summed E-state index contributed by atoms with van der Waals surface area (Å²) in [7, 11) is 0. The minimum Gasteiger partial charge on any atom is -0.357 e. The Labute approximate surface area is 166 Å². The highest BCUT2D eigenvalue weighted by Gasteiger charge is 2.25. The van der Waals surface area contributed by atoms with Crippen LogP contribution in [0.3, 0.4) is 0 Å². The van der Waals surface area contributed by atoms with Gasteiger partial charge in [-0.3, -0.25) is 19.5 Å². The van der Waals surface area contributed by atoms with Crippen molar-refractivity contribution in [3.05, 3.63) is 0 Å². The van der Waals surface area contributed by atoms with Crippen LogP contribution < -0.4 is 5.32 Å². The van der Waals surface area contributed by atoms with Crippen LogP contribution in [0.15, 0.2) is 4.99 Å². The zero-order valence-corrected chi connectivity index (χ0v) is 17.8. The molecule has 8 heteroatoms. The van der Waals surface area contributed by atoms with E-state index in [1.165, 1.54) is 4.90 Å². The number of halogens is 1. The second-order valence-electron chi connectivity index (χ2n) is 5.88. The second kappa shape index (κ2) is 11.2. The molecule has 1 N–H and O–H groups in total. The lowest BCUT2D eigenvalue weighted by molar-refractivity contribution is -0.147. The number of thioether (sulfide) groups is 1. The van der Waals surface area contributed by atoms with E-state index in [1.54, 1.807) is 0 Å². The van der Waals surface area contributed by atoms with Crippen molar-refractivity contribution in [1.29, 1.82) is 0 Å². The Morgan fingerprint density at radius 2 is 2.00 bits per heavy atom. The number of imide groups is 1. The molecule has 0 saturated carbocycles. The molecule has 0 aromatic carbocycles. The standard InChI is InChI=1S/C16H28N4O2S.HI/c1-3-13-12-19(10-11-23-13)16(17-4-2)18-8-9-20-14(21)6-5-7-15(20)22;/h13H,3-12H2,1-2H3,(H,17,18);1H. The van der Waals surface area contributed by atoms with Gasteiger partial charge in [-0.15, -0.1) is 24.0 Å². The van der Waals surface area contributed by atoms with Gasteiger partial charge in [-0.2, -0.15) is 11.8 Å². The smallest absolute Gasteiger partial charge is 0.229 e. The quantitative estimate of drug-likeness (QED) is 0.289. The Hall–Kier alpha value is -0.510. The number of carbonyl (C=O) groups is 2. The maximum Gasteiger partial charge on any atom is 0.229 e. The predicted molar refractivity (Wildman–Crippen MR) is 110 cm³/mol. The van der Waals surface area contributed by atoms with E-state index >= 15 is 0 Å². The number of carbonyl (C=O) groups excluding carboxylic acids is 2. The van der Waals surface area contributed by atoms with Gasteiger partial charge in [0.25, 0.3) is 0 Å². The number of hydrogen-bond acceptors (Lipinski definition) is 4. The summed E-state index contributed by atoms with van der Waals surface area (Å²) in [5.74, 6) is 1.92. The van der Waals surface area contributed by atoms with Crippen molar-refractivity contribution in [2.45, 2.75) is 44.8 Å². The Bertz CT molecular complexity index is 445. The molecule has 0 aromatic rings. The fourth-order valence-electron chi connectivity index (χ4n) is 2.89. The highest BCUT2D eigenvalue weighted by molar-refractivity contribution is 14.0. The molecule has 2 saturated heterocycles. The van der Waals surface area contributed by atoms with Crippen LogP contribution in [-0.2, 0) is 9.59 Å². The summed E-state index contributed by atoms with van der Waals surface area (Å²) in [5.41, 5.74) is 0. The van der Waals surface area contributed by atoms with Gasteiger partial charge in [0, 0.05) is 50.0 Å². The molecular formula is C16H29IN4O2S. The molecule has 2 heterocycles. The molecule has 0 aliphatic carbocycles. The Morgan fingerprint density at radius 1 is 1.29 bits per heavy atom. The summed E-state index contributed by atoms with van der Waals surface area (Å²) in [6, 6.07) is 0. The molecule has 2 rings (SSSR count). The van der Waals surface area contributed by atoms with Crippen molar-refractivity contribution in [3.8, 4) is 0 Å². The Morgan fingerprint density at radius 3 is 2.62 bits per heavy atom. The van der Waals surface area contributed by atoms with E-state index in [9.17, 15) is 9.59 Å². The molecule has 6 nitrogen and oxygen atoms in total. The molecule has 0 bridgehead atoms. The third-order valence-corrected chi connectivity index (χ3v) is 5.57. The summed E-state index contributed by atoms with van der Waals surface area (Å²) in [5, 5.41) is 3.99. The molecule has 2 amide bonds. The first-order valence-corrected chi connectivity index (χ1v) is 9.68. The number of nitrogens with zero attached hydrogens (tertiary/aromatic N) is 3. The van der Waals surface area contributed by atoms with Crippen LogP contribution in [0.4, 0.5) is 0 Å². The van der Waals surface area contributed by atoms with Gasteiger partial charge in [-0.25, -0.2) is 0 Å². The van der Waals surface area contributed by atoms with E-state index in [2.05, 4.69) is 29.1 Å². The van der Waals surface area contributed by atoms with Gasteiger partial charge in [-0.05, 0) is 19.8 Å². The topological polar surface area (TPSA) is 65.0 Å². The van der Waals surface area contributed by atoms with Crippen molar-refractivity contribution in [2.75, 3.05) is 38.5 Å². The predicted octanol–water partition coefficient (Wildman–Crippen LogP) is 1.94. The summed E-state index contributed by atoms with van der Waals surface area (Å²) in [4.78, 5) is 32.0. The first-order valence-electron chi connectivity index (χ1n) is 8.63. The SMILES string of the molecule is CCNC(=NCCN1C(=O)CCCC1=O)N1CCSC(CC)C1.I. The first-order chi connectivity index (χ1) is 11.2. The average molecular weight is 468 g/mol. The van der Waals surface area contributed by atoms with Crippen molar-refractivity contribution in [2.24, 2.45) is 4.99 Å². The largest absolute Gasteiger partial charge is 0.357 e. The highest BCUT2D eigenvalue weighted by atomic mass is 127. The lowest BCUT2D eigenvalue weighted by Crippen LogP contribution is -2.48. The highest BCUT2D eigenvalue weighted by Crippen LogP contribution is 2.21. The number of rotatable bonds is 5. The van der Waals surface area contributed by atoms with Gasteiger partial charge in [0.2, 0.25) is 11.8 Å². The molecule has 0 radical (unpaired) electrons. The average Bonchev–Trinajstić information content (AvgIpc) is 2.56. The summed E-state index contributed by atoms with van der Waals surface area (Å²) < 4.78 is 0. The molecule has 2 fully saturated rings. The van der Waals surface area contributed by atoms with Crippen LogP contribution in [0.2, 0.25) is 0 Å². The Balaban J connectivity index is 0.00000288. The van der Waals surface area contributed by atoms with Crippen LogP contribution >= 0.6 is 35.7 Å². The van der Waals surface area contributed by atoms with E-state index in [4.69, 9.17) is 0 Å². The monoisotopic (exact) mass is 468 g/mol. The van der Waals surface area contributed by atoms with E-state index in [1.807, 2.05) is 11.8 Å². The Kier molecular flexibility index (Phi) is 10.0. The maximum atomic E-state index is 11.8. The number of likely N-dealkylation sites (tertiary alicyclic amines) is 1. The summed E-state index contributed by atoms with van der Waals surface area (Å²) in [6.45, 7) is 7.97. The van der Waals surface area contributed by atoms with Gasteiger partial charge in [0.15, 0.2) is 5.96 Å². The number of hydrogen-bond donors (Lipinski definition) is 1. The lowest BCUT2D eigenvalue weighted by atomic mass is 10.1. The first kappa shape index (κ1) is 21.5. The van der Waals surface area contributed by atoms with Crippen molar-refractivity contribution >= 4 is 53.5 Å². The van der Waals surface area contributed by atoms with Crippen molar-refractivity contribution in [1.82, 2.24) is 15.1 Å². The fourth-order valence-corrected chi connectivity index (χ4v) is 4.07. The van der Waals surface area contributed by atoms with Crippen molar-refractivity contribution in [3.63, 3.8) is 0 Å². The number of aliphatic imine (C=N–C) groups is 1. The third-order valence-electron chi connectivity index (χ3n) is 4.20. The number of guanidine groups is 1. The summed E-state index contributed by atoms with van der Waals surface area (Å²) >= 11 is 2.03. The minimum atomic E-state index is -0.0538. The molecule has 2 aliphatic rings. The van der Waals surface area contributed by atoms with Crippen LogP contribution in [0, 0.1) is 0 Å². The van der Waals surface area contributed by atoms with Gasteiger partial charge in [0.1, 0.15) is 0 Å². The van der Waals surface area contributed by atoms with Gasteiger partial charge < -0.3 is 10.2 Å². The van der Waals surface area contributed by atoms with Crippen LogP contribution in [0.1, 0.15) is 39.5 Å². The number of piperidine rings is 1. The van der Waals surface area contributed by atoms with Crippen LogP contribution in [0.5, 0.6) is 0 Å². The van der Waals surface area contributed by atoms with Gasteiger partial charge in [0.05, 0.1) is 6.54 Å². The summed E-state index contributed by atoms with van der Waals surface area (Å²) in [6.07, 6.45) is 2.81. The van der Waals surface area contributed by atoms with E-state index in [0.29, 0.717) is 37.6 Å². The molecule has 138 valence electrons. The lowest BCUT2D eigenvalue weighted by Gasteiger charge is -2.34. The van der Waals surface area contributed by atoms with Crippen LogP contribution in [-0.4, -0.2) is 71.3 Å².